The molecule has 20 heteroatoms. The van der Waals surface area contributed by atoms with Crippen molar-refractivity contribution in [3.05, 3.63) is 47.5 Å². The molecular weight excluding hydrogens is 816 g/mol. The lowest BCUT2D eigenvalue weighted by Gasteiger charge is -2.22. The SMILES string of the molecule is CCCCOC(=O)N(C)COc1cccc(C(=O)OOC(=O)c2cccc(OCN(C)C(=O)OCCCC)c2OCN(C)C(=O)OCCCC)c1OCN(C)C(=O)OCCCC. The molecule has 0 fully saturated rings. The van der Waals surface area contributed by atoms with Crippen molar-refractivity contribution in [3.63, 3.8) is 0 Å². The molecule has 0 bridgehead atoms. The standard InChI is InChI=1S/C42H62N4O16/c1-9-13-23-53-39(49)43(5)27-57-33-21-17-19-31(35(33)59-29-45(7)41(51)55-25-15-11-3)37(47)61-62-38(48)32-20-18-22-34(58-28-44(6)40(50)54-24-14-10-2)36(32)60-30-46(8)42(52)56-26-16-12-4/h17-22H,9-16,23-30H2,1-8H3. The predicted molar refractivity (Wildman–Crippen MR) is 222 cm³/mol. The monoisotopic (exact) mass is 878 g/mol. The van der Waals surface area contributed by atoms with Crippen molar-refractivity contribution in [3.8, 4) is 23.0 Å². The molecular formula is C42H62N4O16. The van der Waals surface area contributed by atoms with Crippen LogP contribution >= 0.6 is 0 Å². The summed E-state index contributed by atoms with van der Waals surface area (Å²) in [5, 5.41) is 0. The van der Waals surface area contributed by atoms with Gasteiger partial charge in [-0.2, -0.15) is 0 Å². The molecule has 0 N–H and O–H groups in total. The molecule has 0 aliphatic carbocycles. The molecule has 346 valence electrons. The predicted octanol–water partition coefficient (Wildman–Crippen LogP) is 7.43. The molecule has 4 amide bonds. The molecule has 0 aromatic heterocycles. The molecule has 0 saturated heterocycles. The fourth-order valence-electron chi connectivity index (χ4n) is 4.57. The van der Waals surface area contributed by atoms with Crippen LogP contribution in [0, 0.1) is 0 Å². The summed E-state index contributed by atoms with van der Waals surface area (Å²) in [6.07, 6.45) is 3.27. The van der Waals surface area contributed by atoms with E-state index in [1.54, 1.807) is 0 Å². The minimum Gasteiger partial charge on any atom is -0.469 e. The normalized spacial score (nSPS) is 10.4. The van der Waals surface area contributed by atoms with E-state index in [1.807, 2.05) is 27.7 Å². The number of carbonyl (C=O) groups excluding carboxylic acids is 6. The van der Waals surface area contributed by atoms with Crippen LogP contribution in [0.3, 0.4) is 0 Å². The third kappa shape index (κ3) is 18.1. The number of unbranched alkanes of at least 4 members (excludes halogenated alkanes) is 4. The lowest BCUT2D eigenvalue weighted by Crippen LogP contribution is -2.33. The first-order valence-electron chi connectivity index (χ1n) is 20.5. The highest BCUT2D eigenvalue weighted by molar-refractivity contribution is 5.96. The zero-order chi connectivity index (χ0) is 45.9. The first kappa shape index (κ1) is 51.8. The summed E-state index contributed by atoms with van der Waals surface area (Å²) in [5.41, 5.74) is -0.580. The maximum atomic E-state index is 13.6. The number of ether oxygens (including phenoxy) is 8. The first-order valence-corrected chi connectivity index (χ1v) is 20.5. The molecule has 0 heterocycles. The molecule has 2 rings (SSSR count). The number of nitrogens with zero attached hydrogens (tertiary/aromatic N) is 4. The van der Waals surface area contributed by atoms with Gasteiger partial charge in [0.15, 0.2) is 49.9 Å². The van der Waals surface area contributed by atoms with E-state index >= 15 is 0 Å². The Morgan fingerprint density at radius 2 is 0.694 bits per heavy atom. The molecule has 0 aliphatic rings. The van der Waals surface area contributed by atoms with Gasteiger partial charge in [0.05, 0.1) is 26.4 Å². The van der Waals surface area contributed by atoms with Gasteiger partial charge in [0.25, 0.3) is 0 Å². The Morgan fingerprint density at radius 1 is 0.419 bits per heavy atom. The number of hydrogen-bond acceptors (Lipinski definition) is 16. The second kappa shape index (κ2) is 29.0. The zero-order valence-corrected chi connectivity index (χ0v) is 37.1. The minimum absolute atomic E-state index is 0.0381. The highest BCUT2D eigenvalue weighted by Gasteiger charge is 2.27. The summed E-state index contributed by atoms with van der Waals surface area (Å²) >= 11 is 0. The third-order valence-corrected chi connectivity index (χ3v) is 8.36. The van der Waals surface area contributed by atoms with Crippen LogP contribution in [-0.2, 0) is 28.7 Å². The van der Waals surface area contributed by atoms with Gasteiger partial charge < -0.3 is 37.9 Å². The second-order valence-corrected chi connectivity index (χ2v) is 13.8. The molecule has 0 aliphatic heterocycles. The zero-order valence-electron chi connectivity index (χ0n) is 37.1. The third-order valence-electron chi connectivity index (χ3n) is 8.36. The smallest absolute Gasteiger partial charge is 0.412 e. The van der Waals surface area contributed by atoms with Crippen LogP contribution in [0.5, 0.6) is 23.0 Å². The van der Waals surface area contributed by atoms with Crippen LogP contribution in [0.15, 0.2) is 36.4 Å². The number of hydrogen-bond donors (Lipinski definition) is 0. The Hall–Kier alpha value is -6.34. The average Bonchev–Trinajstić information content (AvgIpc) is 3.27. The van der Waals surface area contributed by atoms with E-state index in [1.165, 1.54) is 64.6 Å². The van der Waals surface area contributed by atoms with Crippen molar-refractivity contribution in [1.29, 1.82) is 0 Å². The van der Waals surface area contributed by atoms with Crippen molar-refractivity contribution in [1.82, 2.24) is 19.6 Å². The van der Waals surface area contributed by atoms with Gasteiger partial charge in [0, 0.05) is 28.2 Å². The van der Waals surface area contributed by atoms with E-state index in [0.29, 0.717) is 25.7 Å². The molecule has 62 heavy (non-hydrogen) atoms. The van der Waals surface area contributed by atoms with E-state index in [2.05, 4.69) is 0 Å². The molecule has 0 saturated carbocycles. The van der Waals surface area contributed by atoms with Gasteiger partial charge in [-0.05, 0) is 49.9 Å². The van der Waals surface area contributed by atoms with Crippen LogP contribution < -0.4 is 18.9 Å². The number of carbonyl (C=O) groups is 6. The Kier molecular flexibility index (Phi) is 24.2. The second-order valence-electron chi connectivity index (χ2n) is 13.8. The summed E-state index contributed by atoms with van der Waals surface area (Å²) in [6, 6.07) is 8.34. The number of amides is 4. The quantitative estimate of drug-likeness (QED) is 0.0296. The number of rotatable bonds is 26. The van der Waals surface area contributed by atoms with E-state index in [4.69, 9.17) is 47.7 Å². The molecule has 2 aromatic carbocycles. The summed E-state index contributed by atoms with van der Waals surface area (Å²) in [5.74, 6) is -2.95. The van der Waals surface area contributed by atoms with Crippen molar-refractivity contribution in [2.45, 2.75) is 79.1 Å². The summed E-state index contributed by atoms with van der Waals surface area (Å²) in [4.78, 5) is 91.7. The van der Waals surface area contributed by atoms with Crippen molar-refractivity contribution in [2.75, 3.05) is 81.5 Å². The largest absolute Gasteiger partial charge is 0.469 e. The Morgan fingerprint density at radius 3 is 0.968 bits per heavy atom. The van der Waals surface area contributed by atoms with Gasteiger partial charge in [-0.3, -0.25) is 19.6 Å². The van der Waals surface area contributed by atoms with Gasteiger partial charge >= 0.3 is 36.3 Å². The van der Waals surface area contributed by atoms with Crippen molar-refractivity contribution >= 4 is 36.3 Å². The van der Waals surface area contributed by atoms with E-state index in [0.717, 1.165) is 45.3 Å². The lowest BCUT2D eigenvalue weighted by atomic mass is 10.2. The first-order chi connectivity index (χ1) is 29.8. The van der Waals surface area contributed by atoms with E-state index in [9.17, 15) is 28.8 Å². The molecule has 20 nitrogen and oxygen atoms in total. The topological polar surface area (TPSA) is 208 Å². The lowest BCUT2D eigenvalue weighted by molar-refractivity contribution is -0.187. The number of para-hydroxylation sites is 2. The Balaban J connectivity index is 2.37. The van der Waals surface area contributed by atoms with Gasteiger partial charge in [0.1, 0.15) is 11.1 Å². The molecule has 0 unspecified atom stereocenters. The van der Waals surface area contributed by atoms with E-state index < -0.39 is 49.8 Å². The van der Waals surface area contributed by atoms with Gasteiger partial charge in [-0.15, -0.1) is 0 Å². The fourth-order valence-corrected chi connectivity index (χ4v) is 4.57. The number of benzene rings is 2. The summed E-state index contributed by atoms with van der Waals surface area (Å²) in [6.45, 7) is 7.14. The Labute approximate surface area is 363 Å². The summed E-state index contributed by atoms with van der Waals surface area (Å²) < 4.78 is 44.3. The highest BCUT2D eigenvalue weighted by atomic mass is 17.2. The summed E-state index contributed by atoms with van der Waals surface area (Å²) in [7, 11) is 5.73. The fraction of sp³-hybridized carbons (Fsp3) is 0.571. The van der Waals surface area contributed by atoms with Gasteiger partial charge in [-0.1, -0.05) is 65.5 Å². The maximum Gasteiger partial charge on any atom is 0.412 e. The van der Waals surface area contributed by atoms with Crippen LogP contribution in [0.1, 0.15) is 99.8 Å². The van der Waals surface area contributed by atoms with Gasteiger partial charge in [0.2, 0.25) is 0 Å². The van der Waals surface area contributed by atoms with Crippen LogP contribution in [0.25, 0.3) is 0 Å². The molecule has 2 aromatic rings. The highest BCUT2D eigenvalue weighted by Crippen LogP contribution is 2.34. The maximum absolute atomic E-state index is 13.6. The van der Waals surface area contributed by atoms with Gasteiger partial charge in [-0.25, -0.2) is 38.5 Å². The Bertz CT molecular complexity index is 1600. The molecule has 0 atom stereocenters. The van der Waals surface area contributed by atoms with Crippen LogP contribution in [0.2, 0.25) is 0 Å². The molecule has 0 spiro atoms. The van der Waals surface area contributed by atoms with E-state index in [-0.39, 0.29) is 74.0 Å². The average molecular weight is 879 g/mol. The molecule has 0 radical (unpaired) electrons. The minimum atomic E-state index is -1.22. The van der Waals surface area contributed by atoms with Crippen molar-refractivity contribution in [2.24, 2.45) is 0 Å². The van der Waals surface area contributed by atoms with Crippen LogP contribution in [0.4, 0.5) is 19.2 Å². The van der Waals surface area contributed by atoms with Crippen LogP contribution in [-0.4, -0.2) is 137 Å². The van der Waals surface area contributed by atoms with Crippen molar-refractivity contribution < 1.29 is 76.4 Å².